The predicted octanol–water partition coefficient (Wildman–Crippen LogP) is 19.5. The molecule has 6 nitrogen and oxygen atoms in total. The van der Waals surface area contributed by atoms with Crippen LogP contribution in [0.1, 0.15) is 121 Å². The van der Waals surface area contributed by atoms with Gasteiger partial charge in [0.1, 0.15) is 42.3 Å². The molecule has 0 spiro atoms. The van der Waals surface area contributed by atoms with Gasteiger partial charge in [-0.15, -0.1) is 0 Å². The lowest BCUT2D eigenvalue weighted by molar-refractivity contribution is -0.666. The van der Waals surface area contributed by atoms with Crippen LogP contribution in [-0.4, -0.2) is 0 Å². The molecule has 6 heteroatoms. The van der Waals surface area contributed by atoms with Crippen LogP contribution in [0.15, 0.2) is 201 Å². The van der Waals surface area contributed by atoms with Gasteiger partial charge in [-0.1, -0.05) is 84.9 Å². The fourth-order valence-corrected chi connectivity index (χ4v) is 13.0. The molecule has 12 rings (SSSR count). The first-order valence-corrected chi connectivity index (χ1v) is 34.8. The van der Waals surface area contributed by atoms with E-state index in [0.29, 0.717) is 5.69 Å². The molecule has 0 fully saturated rings. The smallest absolute Gasteiger partial charge is 0.201 e. The minimum absolute atomic E-state index is 0.369. The first-order chi connectivity index (χ1) is 48.0. The number of rotatable bonds is 6. The van der Waals surface area contributed by atoms with E-state index >= 15 is 0 Å². The van der Waals surface area contributed by atoms with Gasteiger partial charge in [0, 0.05) is 117 Å². The molecule has 0 aliphatic carbocycles. The van der Waals surface area contributed by atoms with E-state index in [-0.39, 0.29) is 0 Å². The molecule has 0 aliphatic heterocycles. The van der Waals surface area contributed by atoms with Crippen LogP contribution in [0.3, 0.4) is 0 Å². The Labute approximate surface area is 601 Å². The van der Waals surface area contributed by atoms with Crippen molar-refractivity contribution in [1.82, 2.24) is 0 Å². The molecule has 6 aromatic carbocycles. The molecular weight excluding hydrogens is 1200 g/mol. The molecule has 0 amide bonds. The Bertz CT molecular complexity index is 4870. The summed E-state index contributed by atoms with van der Waals surface area (Å²) in [6.45, 7) is 40.9. The molecule has 0 saturated heterocycles. The largest absolute Gasteiger partial charge is 0.215 e. The summed E-state index contributed by atoms with van der Waals surface area (Å²) < 4.78 is 35.9. The summed E-state index contributed by atoms with van der Waals surface area (Å²) in [5, 5.41) is 0. The van der Waals surface area contributed by atoms with Gasteiger partial charge in [0.2, 0.25) is 34.2 Å². The Morgan fingerprint density at radius 2 is 0.626 bits per heavy atom. The molecular formula is C93H114N6+6. The van der Waals surface area contributed by atoms with Crippen LogP contribution >= 0.6 is 0 Å². The number of hydrogen-bond donors (Lipinski definition) is 0. The molecule has 0 bridgehead atoms. The zero-order valence-corrected chi connectivity index (χ0v) is 64.7. The first kappa shape index (κ1) is 72.0. The van der Waals surface area contributed by atoms with Gasteiger partial charge in [0.05, 0.1) is 5.56 Å². The fraction of sp³-hybridized carbons (Fsp3) is 0.290. The summed E-state index contributed by atoms with van der Waals surface area (Å²) in [5.41, 5.74) is 41.7. The fourth-order valence-electron chi connectivity index (χ4n) is 13.0. The van der Waals surface area contributed by atoms with Crippen molar-refractivity contribution in [3.05, 3.63) is 318 Å². The highest BCUT2D eigenvalue weighted by atomic mass is 15.0. The maximum Gasteiger partial charge on any atom is 0.215 e. The van der Waals surface area contributed by atoms with Gasteiger partial charge in [-0.25, -0.2) is 18.3 Å². The molecule has 99 heavy (non-hydrogen) atoms. The van der Waals surface area contributed by atoms with E-state index in [2.05, 4.69) is 366 Å². The second-order valence-corrected chi connectivity index (χ2v) is 27.6. The summed E-state index contributed by atoms with van der Waals surface area (Å²) in [6, 6.07) is 61.9. The van der Waals surface area contributed by atoms with Gasteiger partial charge in [0.15, 0.2) is 36.2 Å². The highest BCUT2D eigenvalue weighted by Crippen LogP contribution is 2.30. The van der Waals surface area contributed by atoms with E-state index in [1.807, 2.05) is 32.2 Å². The second kappa shape index (κ2) is 34.1. The standard InChI is InChI=1S/3C16H20N.3C15H18N/c1-11-6-9-16(17(5)10-11)15-8-7-12(2)13(3)14(15)4;2*1-11-9-13(3)17(5)16(10-11)15-8-6-7-12(2)14(15)4;1-11-8-9-16(4)14(10-11)15-12(2)6-5-7-13(15)3;2*1-11-9-10-16(4)15(13(11)3)14-8-6-5-7-12(14)2/h3*6-10H,1-5H3;3*5-10H,1-4H3/q6*+1/i;3D3;;;;. The average Bonchev–Trinajstić information content (AvgIpc) is 0.774. The van der Waals surface area contributed by atoms with Crippen LogP contribution in [0.4, 0.5) is 0 Å². The van der Waals surface area contributed by atoms with Crippen molar-refractivity contribution in [2.75, 3.05) is 0 Å². The van der Waals surface area contributed by atoms with E-state index < -0.39 is 6.85 Å². The van der Waals surface area contributed by atoms with Crippen molar-refractivity contribution in [3.63, 3.8) is 0 Å². The summed E-state index contributed by atoms with van der Waals surface area (Å²) in [4.78, 5) is 0. The lowest BCUT2D eigenvalue weighted by atomic mass is 9.96. The molecule has 0 N–H and O–H groups in total. The minimum atomic E-state index is -2.10. The van der Waals surface area contributed by atoms with Crippen LogP contribution in [0.2, 0.25) is 0 Å². The first-order valence-electron chi connectivity index (χ1n) is 36.3. The highest BCUT2D eigenvalue weighted by Gasteiger charge is 2.22. The summed E-state index contributed by atoms with van der Waals surface area (Å²) in [5.74, 6) is 0. The van der Waals surface area contributed by atoms with Crippen LogP contribution in [0.25, 0.3) is 67.5 Å². The van der Waals surface area contributed by atoms with Crippen LogP contribution in [0.5, 0.6) is 0 Å². The number of aromatic nitrogens is 6. The molecule has 0 radical (unpaired) electrons. The van der Waals surface area contributed by atoms with E-state index in [0.717, 1.165) is 16.8 Å². The molecule has 0 aliphatic rings. The lowest BCUT2D eigenvalue weighted by Crippen LogP contribution is -2.35. The van der Waals surface area contributed by atoms with Gasteiger partial charge in [0.25, 0.3) is 0 Å². The number of pyridine rings is 6. The number of benzene rings is 6. The zero-order chi connectivity index (χ0) is 75.4. The van der Waals surface area contributed by atoms with Crippen LogP contribution in [-0.2, 0) is 42.3 Å². The number of hydrogen-bond acceptors (Lipinski definition) is 0. The molecule has 0 saturated carbocycles. The Morgan fingerprint density at radius 1 is 0.242 bits per heavy atom. The van der Waals surface area contributed by atoms with Crippen molar-refractivity contribution in [2.45, 2.75) is 145 Å². The maximum absolute atomic E-state index is 7.68. The molecule has 6 heterocycles. The quantitative estimate of drug-likeness (QED) is 0.148. The predicted molar refractivity (Wildman–Crippen MR) is 418 cm³/mol. The normalized spacial score (nSPS) is 11.2. The second-order valence-electron chi connectivity index (χ2n) is 27.6. The third-order valence-electron chi connectivity index (χ3n) is 20.1. The van der Waals surface area contributed by atoms with Crippen LogP contribution < -0.4 is 27.4 Å². The Balaban J connectivity index is 0.000000172. The molecule has 510 valence electrons. The van der Waals surface area contributed by atoms with Crippen molar-refractivity contribution < 1.29 is 31.5 Å². The molecule has 6 aromatic heterocycles. The molecule has 12 aromatic rings. The molecule has 0 unspecified atom stereocenters. The van der Waals surface area contributed by atoms with Crippen molar-refractivity contribution in [2.24, 2.45) is 42.3 Å². The van der Waals surface area contributed by atoms with Crippen molar-refractivity contribution >= 4 is 0 Å². The summed E-state index contributed by atoms with van der Waals surface area (Å²) in [6.07, 6.45) is 8.55. The van der Waals surface area contributed by atoms with Gasteiger partial charge >= 0.3 is 0 Å². The molecule has 0 atom stereocenters. The lowest BCUT2D eigenvalue weighted by Gasteiger charge is -2.10. The SMILES string of the molecule is Cc1cc(C)[n+](C)c(-c2cccc(C)c2C)c1.Cc1cc[n+](C)c(-c2c(C)cccc2C)c1.Cc1ccc(-c2ccc(C)c(C)c2C)[n+](C)c1.Cc1ccccc1-c1c(C)c(C)cc[n+]1C.Cc1ccccc1-c1c(C)c(C)cc[n+]1C.[2H]C([2H])([2H])c1cc(C)cc(-c2cccc(C)c2C)[n+]1C. The zero-order valence-electron chi connectivity index (χ0n) is 67.7. The van der Waals surface area contributed by atoms with E-state index in [4.69, 9.17) is 4.11 Å². The Morgan fingerprint density at radius 3 is 1.10 bits per heavy atom. The minimum Gasteiger partial charge on any atom is -0.201 e. The van der Waals surface area contributed by atoms with Gasteiger partial charge in [-0.3, -0.25) is 0 Å². The third-order valence-corrected chi connectivity index (χ3v) is 20.1. The number of nitrogens with zero attached hydrogens (tertiary/aromatic N) is 6. The summed E-state index contributed by atoms with van der Waals surface area (Å²) >= 11 is 0. The average molecular weight is 1320 g/mol. The third kappa shape index (κ3) is 18.7. The summed E-state index contributed by atoms with van der Waals surface area (Å²) in [7, 11) is 12.4. The van der Waals surface area contributed by atoms with Gasteiger partial charge < -0.3 is 0 Å². The van der Waals surface area contributed by atoms with E-state index in [9.17, 15) is 0 Å². The monoisotopic (exact) mass is 1320 g/mol. The topological polar surface area (TPSA) is 23.3 Å². The van der Waals surface area contributed by atoms with Gasteiger partial charge in [-0.2, -0.15) is 9.13 Å². The Kier molecular flexibility index (Phi) is 24.8. The maximum atomic E-state index is 7.68. The number of aryl methyl sites for hydroxylation is 19. The van der Waals surface area contributed by atoms with Crippen LogP contribution in [0, 0.1) is 145 Å². The van der Waals surface area contributed by atoms with E-state index in [1.165, 1.54) is 162 Å². The Hall–Kier alpha value is -9.78. The van der Waals surface area contributed by atoms with Gasteiger partial charge in [-0.05, 0) is 257 Å². The van der Waals surface area contributed by atoms with Crippen molar-refractivity contribution in [3.8, 4) is 67.5 Å². The van der Waals surface area contributed by atoms with Crippen molar-refractivity contribution in [1.29, 1.82) is 0 Å². The van der Waals surface area contributed by atoms with E-state index in [1.54, 1.807) is 10.6 Å². The highest BCUT2D eigenvalue weighted by molar-refractivity contribution is 5.69.